The molecule has 1 fully saturated rings. The van der Waals surface area contributed by atoms with E-state index in [4.69, 9.17) is 4.74 Å². The Balaban J connectivity index is 2.03. The molecule has 0 amide bonds. The predicted octanol–water partition coefficient (Wildman–Crippen LogP) is 5.00. The summed E-state index contributed by atoms with van der Waals surface area (Å²) in [7, 11) is 0. The van der Waals surface area contributed by atoms with Gasteiger partial charge in [0.25, 0.3) is 0 Å². The molecule has 1 heteroatoms. The molecule has 0 N–H and O–H groups in total. The van der Waals surface area contributed by atoms with E-state index in [1.54, 1.807) is 0 Å². The second-order valence-corrected chi connectivity index (χ2v) is 6.92. The van der Waals surface area contributed by atoms with Crippen molar-refractivity contribution in [2.75, 3.05) is 6.61 Å². The van der Waals surface area contributed by atoms with E-state index in [9.17, 15) is 0 Å². The lowest BCUT2D eigenvalue weighted by molar-refractivity contribution is -0.0875. The molecule has 0 bridgehead atoms. The van der Waals surface area contributed by atoms with Gasteiger partial charge in [0, 0.05) is 5.41 Å². The summed E-state index contributed by atoms with van der Waals surface area (Å²) in [5, 5.41) is 0. The van der Waals surface area contributed by atoms with Gasteiger partial charge in [0.15, 0.2) is 0 Å². The van der Waals surface area contributed by atoms with Gasteiger partial charge in [-0.05, 0) is 57.1 Å². The lowest BCUT2D eigenvalue weighted by Crippen LogP contribution is -2.39. The average molecular weight is 270 g/mol. The van der Waals surface area contributed by atoms with Crippen molar-refractivity contribution < 1.29 is 4.74 Å². The Morgan fingerprint density at radius 2 is 1.95 bits per heavy atom. The Morgan fingerprint density at radius 3 is 2.65 bits per heavy atom. The molecule has 0 aromatic heterocycles. The number of hydrogen-bond donors (Lipinski definition) is 0. The zero-order valence-electron chi connectivity index (χ0n) is 12.9. The van der Waals surface area contributed by atoms with Crippen molar-refractivity contribution in [2.45, 2.75) is 58.0 Å². The van der Waals surface area contributed by atoms with Crippen molar-refractivity contribution >= 4 is 0 Å². The van der Waals surface area contributed by atoms with Gasteiger partial charge in [0.2, 0.25) is 0 Å². The van der Waals surface area contributed by atoms with Crippen LogP contribution in [0.25, 0.3) is 0 Å². The predicted molar refractivity (Wildman–Crippen MR) is 83.8 cm³/mol. The molecule has 3 rings (SSSR count). The third-order valence-electron chi connectivity index (χ3n) is 5.36. The minimum absolute atomic E-state index is 0.136. The molecule has 108 valence electrons. The van der Waals surface area contributed by atoms with Gasteiger partial charge >= 0.3 is 0 Å². The fraction of sp³-hybridized carbons (Fsp3) is 0.579. The molecular weight excluding hydrogens is 244 g/mol. The molecular formula is C19H26O. The van der Waals surface area contributed by atoms with Crippen LogP contribution < -0.4 is 0 Å². The zero-order valence-corrected chi connectivity index (χ0v) is 12.9. The summed E-state index contributed by atoms with van der Waals surface area (Å²) >= 11 is 0. The summed E-state index contributed by atoms with van der Waals surface area (Å²) in [5.74, 6) is 0. The van der Waals surface area contributed by atoms with E-state index in [0.717, 1.165) is 5.57 Å². The largest absolute Gasteiger partial charge is 0.366 e. The van der Waals surface area contributed by atoms with E-state index < -0.39 is 0 Å². The highest BCUT2D eigenvalue weighted by molar-refractivity contribution is 5.36. The van der Waals surface area contributed by atoms with Gasteiger partial charge < -0.3 is 4.74 Å². The molecule has 1 unspecified atom stereocenters. The lowest BCUT2D eigenvalue weighted by atomic mass is 9.72. The molecule has 0 aliphatic heterocycles. The minimum atomic E-state index is -0.136. The second kappa shape index (κ2) is 5.04. The van der Waals surface area contributed by atoms with Gasteiger partial charge in [0.1, 0.15) is 0 Å². The SMILES string of the molecule is C=C(C)COC1(C)c2ccccc2CCCCC12CC2. The Hall–Kier alpha value is -1.08. The first kappa shape index (κ1) is 13.9. The molecule has 1 aromatic rings. The third-order valence-corrected chi connectivity index (χ3v) is 5.36. The van der Waals surface area contributed by atoms with Crippen molar-refractivity contribution in [3.8, 4) is 0 Å². The molecule has 20 heavy (non-hydrogen) atoms. The van der Waals surface area contributed by atoms with Crippen LogP contribution in [0.1, 0.15) is 57.1 Å². The topological polar surface area (TPSA) is 9.23 Å². The molecule has 0 heterocycles. The van der Waals surface area contributed by atoms with Crippen LogP contribution in [0.2, 0.25) is 0 Å². The summed E-state index contributed by atoms with van der Waals surface area (Å²) in [5.41, 5.74) is 4.27. The molecule has 1 saturated carbocycles. The molecule has 2 aliphatic rings. The highest BCUT2D eigenvalue weighted by atomic mass is 16.5. The normalized spacial score (nSPS) is 27.5. The smallest absolute Gasteiger partial charge is 0.0966 e. The molecule has 1 spiro atoms. The van der Waals surface area contributed by atoms with E-state index in [-0.39, 0.29) is 5.60 Å². The maximum atomic E-state index is 6.47. The van der Waals surface area contributed by atoms with Crippen molar-refractivity contribution in [3.63, 3.8) is 0 Å². The van der Waals surface area contributed by atoms with Crippen LogP contribution in [-0.2, 0) is 16.8 Å². The Kier molecular flexibility index (Phi) is 3.50. The first-order valence-corrected chi connectivity index (χ1v) is 7.94. The highest BCUT2D eigenvalue weighted by Gasteiger charge is 2.58. The van der Waals surface area contributed by atoms with Crippen LogP contribution in [0.4, 0.5) is 0 Å². The summed E-state index contributed by atoms with van der Waals surface area (Å²) in [6, 6.07) is 8.91. The molecule has 0 radical (unpaired) electrons. The van der Waals surface area contributed by atoms with Crippen LogP contribution >= 0.6 is 0 Å². The fourth-order valence-corrected chi connectivity index (χ4v) is 3.88. The van der Waals surface area contributed by atoms with Crippen LogP contribution in [0.3, 0.4) is 0 Å². The van der Waals surface area contributed by atoms with E-state index in [1.165, 1.54) is 49.7 Å². The Labute approximate surface area is 123 Å². The zero-order chi connectivity index (χ0) is 14.2. The Morgan fingerprint density at radius 1 is 1.20 bits per heavy atom. The van der Waals surface area contributed by atoms with Crippen LogP contribution in [0.15, 0.2) is 36.4 Å². The maximum absolute atomic E-state index is 6.47. The van der Waals surface area contributed by atoms with Crippen LogP contribution in [-0.4, -0.2) is 6.61 Å². The van der Waals surface area contributed by atoms with Crippen molar-refractivity contribution in [1.29, 1.82) is 0 Å². The van der Waals surface area contributed by atoms with E-state index in [2.05, 4.69) is 44.7 Å². The summed E-state index contributed by atoms with van der Waals surface area (Å²) < 4.78 is 6.47. The minimum Gasteiger partial charge on any atom is -0.366 e. The highest BCUT2D eigenvalue weighted by Crippen LogP contribution is 2.64. The van der Waals surface area contributed by atoms with E-state index >= 15 is 0 Å². The number of ether oxygens (including phenoxy) is 1. The number of aryl methyl sites for hydroxylation is 1. The number of rotatable bonds is 3. The molecule has 1 atom stereocenters. The van der Waals surface area contributed by atoms with Gasteiger partial charge in [-0.15, -0.1) is 0 Å². The fourth-order valence-electron chi connectivity index (χ4n) is 3.88. The first-order valence-electron chi connectivity index (χ1n) is 7.94. The summed E-state index contributed by atoms with van der Waals surface area (Å²) in [6.07, 6.45) is 7.78. The van der Waals surface area contributed by atoms with Crippen LogP contribution in [0, 0.1) is 5.41 Å². The lowest BCUT2D eigenvalue weighted by Gasteiger charge is -2.41. The number of fused-ring (bicyclic) bond motifs is 1. The first-order chi connectivity index (χ1) is 9.57. The number of hydrogen-bond acceptors (Lipinski definition) is 1. The van der Waals surface area contributed by atoms with Gasteiger partial charge in [-0.3, -0.25) is 0 Å². The summed E-state index contributed by atoms with van der Waals surface area (Å²) in [6.45, 7) is 9.06. The van der Waals surface area contributed by atoms with Gasteiger partial charge in [-0.25, -0.2) is 0 Å². The summed E-state index contributed by atoms with van der Waals surface area (Å²) in [4.78, 5) is 0. The molecule has 1 aromatic carbocycles. The maximum Gasteiger partial charge on any atom is 0.0966 e. The van der Waals surface area contributed by atoms with Gasteiger partial charge in [-0.2, -0.15) is 0 Å². The van der Waals surface area contributed by atoms with Crippen molar-refractivity contribution in [1.82, 2.24) is 0 Å². The monoisotopic (exact) mass is 270 g/mol. The second-order valence-electron chi connectivity index (χ2n) is 6.92. The number of benzene rings is 1. The molecule has 0 saturated heterocycles. The molecule has 1 nitrogen and oxygen atoms in total. The quantitative estimate of drug-likeness (QED) is 0.702. The van der Waals surface area contributed by atoms with Crippen molar-refractivity contribution in [3.05, 3.63) is 47.5 Å². The standard InChI is InChI=1S/C19H26O/c1-15(2)14-20-18(3)17-10-5-4-8-16(17)9-6-7-11-19(18)12-13-19/h4-5,8,10H,1,6-7,9,11-14H2,2-3H3. The average Bonchev–Trinajstić information content (AvgIpc) is 3.22. The Bertz CT molecular complexity index is 512. The van der Waals surface area contributed by atoms with Crippen molar-refractivity contribution in [2.24, 2.45) is 5.41 Å². The van der Waals surface area contributed by atoms with E-state index in [1.807, 2.05) is 0 Å². The van der Waals surface area contributed by atoms with Gasteiger partial charge in [-0.1, -0.05) is 42.8 Å². The van der Waals surface area contributed by atoms with E-state index in [0.29, 0.717) is 12.0 Å². The van der Waals surface area contributed by atoms with Crippen LogP contribution in [0.5, 0.6) is 0 Å². The molecule has 2 aliphatic carbocycles. The van der Waals surface area contributed by atoms with Gasteiger partial charge in [0.05, 0.1) is 12.2 Å². The third kappa shape index (κ3) is 2.22.